The lowest BCUT2D eigenvalue weighted by atomic mass is 9.82. The number of hydrogen-bond acceptors (Lipinski definition) is 6. The highest BCUT2D eigenvalue weighted by Gasteiger charge is 2.22. The molecule has 1 heterocycles. The molecule has 7 nitrogen and oxygen atoms in total. The molecule has 1 fully saturated rings. The van der Waals surface area contributed by atoms with Crippen LogP contribution in [-0.4, -0.2) is 56.0 Å². The van der Waals surface area contributed by atoms with Gasteiger partial charge in [-0.15, -0.1) is 0 Å². The quantitative estimate of drug-likeness (QED) is 0.292. The standard InChI is InChI=1S/C29H37N3O4/c1-2-3-4-15-36-28(33)19-23-7-8-24-11-12-27(20-26(24)18-23)31-29(34)25-9-5-22(6-10-25)21-30-32-13-16-35-17-14-32/h5-6,9-12,20-21,23H,2-4,7-8,13-19H2,1H3,(H,31,34). The fraction of sp³-hybridized carbons (Fsp3) is 0.483. The van der Waals surface area contributed by atoms with E-state index in [2.05, 4.69) is 29.5 Å². The second-order valence-electron chi connectivity index (χ2n) is 9.61. The number of carbonyl (C=O) groups excluding carboxylic acids is 2. The number of benzene rings is 2. The Morgan fingerprint density at radius 3 is 2.69 bits per heavy atom. The van der Waals surface area contributed by atoms with Gasteiger partial charge in [0, 0.05) is 17.7 Å². The molecule has 1 aliphatic heterocycles. The summed E-state index contributed by atoms with van der Waals surface area (Å²) in [5, 5.41) is 9.49. The molecule has 2 aromatic carbocycles. The first kappa shape index (κ1) is 25.9. The number of unbranched alkanes of at least 4 members (excludes halogenated alkanes) is 2. The minimum Gasteiger partial charge on any atom is -0.466 e. The number of hydrazone groups is 1. The van der Waals surface area contributed by atoms with E-state index in [0.29, 0.717) is 31.8 Å². The van der Waals surface area contributed by atoms with Gasteiger partial charge in [0.25, 0.3) is 5.91 Å². The summed E-state index contributed by atoms with van der Waals surface area (Å²) in [7, 11) is 0. The summed E-state index contributed by atoms with van der Waals surface area (Å²) in [5.74, 6) is 0.0471. The summed E-state index contributed by atoms with van der Waals surface area (Å²) in [6.45, 7) is 5.64. The van der Waals surface area contributed by atoms with Gasteiger partial charge in [0.15, 0.2) is 0 Å². The summed E-state index contributed by atoms with van der Waals surface area (Å²) < 4.78 is 10.7. The minimum atomic E-state index is -0.144. The molecule has 2 aliphatic rings. The molecule has 36 heavy (non-hydrogen) atoms. The Bertz CT molecular complexity index is 1040. The van der Waals surface area contributed by atoms with Crippen LogP contribution in [-0.2, 0) is 27.1 Å². The summed E-state index contributed by atoms with van der Waals surface area (Å²) in [6.07, 6.45) is 8.19. The van der Waals surface area contributed by atoms with Crippen molar-refractivity contribution in [3.63, 3.8) is 0 Å². The largest absolute Gasteiger partial charge is 0.466 e. The maximum atomic E-state index is 12.8. The topological polar surface area (TPSA) is 80.2 Å². The van der Waals surface area contributed by atoms with Crippen molar-refractivity contribution >= 4 is 23.8 Å². The van der Waals surface area contributed by atoms with Gasteiger partial charge in [0.1, 0.15) is 0 Å². The van der Waals surface area contributed by atoms with Crippen molar-refractivity contribution in [3.05, 3.63) is 64.7 Å². The molecule has 0 saturated carbocycles. The molecule has 1 unspecified atom stereocenters. The van der Waals surface area contributed by atoms with Crippen molar-refractivity contribution in [1.82, 2.24) is 5.01 Å². The van der Waals surface area contributed by atoms with Crippen LogP contribution in [0.3, 0.4) is 0 Å². The smallest absolute Gasteiger partial charge is 0.306 e. The summed E-state index contributed by atoms with van der Waals surface area (Å²) >= 11 is 0. The normalized spacial score (nSPS) is 17.6. The molecular formula is C29H37N3O4. The molecule has 1 saturated heterocycles. The highest BCUT2D eigenvalue weighted by atomic mass is 16.5. The van der Waals surface area contributed by atoms with E-state index in [4.69, 9.17) is 9.47 Å². The lowest BCUT2D eigenvalue weighted by molar-refractivity contribution is -0.145. The van der Waals surface area contributed by atoms with Gasteiger partial charge < -0.3 is 14.8 Å². The fourth-order valence-corrected chi connectivity index (χ4v) is 4.66. The van der Waals surface area contributed by atoms with Gasteiger partial charge in [-0.2, -0.15) is 5.10 Å². The Balaban J connectivity index is 1.29. The van der Waals surface area contributed by atoms with Gasteiger partial charge in [-0.05, 0) is 72.6 Å². The monoisotopic (exact) mass is 491 g/mol. The number of ether oxygens (including phenoxy) is 2. The van der Waals surface area contributed by atoms with Gasteiger partial charge >= 0.3 is 5.97 Å². The van der Waals surface area contributed by atoms with Gasteiger partial charge in [0.2, 0.25) is 0 Å². The van der Waals surface area contributed by atoms with Crippen LogP contribution >= 0.6 is 0 Å². The third kappa shape index (κ3) is 7.65. The van der Waals surface area contributed by atoms with Gasteiger partial charge in [-0.1, -0.05) is 38.0 Å². The van der Waals surface area contributed by atoms with Gasteiger partial charge in [0.05, 0.1) is 39.1 Å². The average Bonchev–Trinajstić information content (AvgIpc) is 2.90. The number of amides is 1. The van der Waals surface area contributed by atoms with Crippen molar-refractivity contribution in [1.29, 1.82) is 0 Å². The van der Waals surface area contributed by atoms with E-state index in [1.165, 1.54) is 11.1 Å². The van der Waals surface area contributed by atoms with Crippen LogP contribution in [0, 0.1) is 5.92 Å². The number of rotatable bonds is 10. The van der Waals surface area contributed by atoms with E-state index < -0.39 is 0 Å². The first-order valence-electron chi connectivity index (χ1n) is 13.2. The zero-order chi connectivity index (χ0) is 25.2. The van der Waals surface area contributed by atoms with E-state index in [1.807, 2.05) is 41.6 Å². The Kier molecular flexibility index (Phi) is 9.50. The zero-order valence-corrected chi connectivity index (χ0v) is 21.2. The maximum Gasteiger partial charge on any atom is 0.306 e. The average molecular weight is 492 g/mol. The molecule has 4 rings (SSSR count). The van der Waals surface area contributed by atoms with E-state index in [0.717, 1.165) is 62.9 Å². The zero-order valence-electron chi connectivity index (χ0n) is 21.2. The van der Waals surface area contributed by atoms with Crippen molar-refractivity contribution in [3.8, 4) is 0 Å². The highest BCUT2D eigenvalue weighted by Crippen LogP contribution is 2.30. The molecule has 1 N–H and O–H groups in total. The number of aryl methyl sites for hydroxylation is 1. The molecule has 0 aromatic heterocycles. The third-order valence-electron chi connectivity index (χ3n) is 6.79. The Labute approximate surface area is 213 Å². The number of nitrogens with zero attached hydrogens (tertiary/aromatic N) is 2. The predicted octanol–water partition coefficient (Wildman–Crippen LogP) is 4.83. The molecule has 0 bridgehead atoms. The first-order chi connectivity index (χ1) is 17.6. The lowest BCUT2D eigenvalue weighted by Gasteiger charge is -2.24. The number of anilines is 1. The molecule has 1 aliphatic carbocycles. The minimum absolute atomic E-state index is 0.0950. The molecule has 7 heteroatoms. The summed E-state index contributed by atoms with van der Waals surface area (Å²) in [6, 6.07) is 13.5. The Hall–Kier alpha value is -3.19. The molecule has 192 valence electrons. The summed E-state index contributed by atoms with van der Waals surface area (Å²) in [5.41, 5.74) is 4.82. The van der Waals surface area contributed by atoms with Crippen LogP contribution in [0.25, 0.3) is 0 Å². The van der Waals surface area contributed by atoms with E-state index in [9.17, 15) is 9.59 Å². The van der Waals surface area contributed by atoms with E-state index in [-0.39, 0.29) is 17.8 Å². The lowest BCUT2D eigenvalue weighted by Crippen LogP contribution is -2.32. The highest BCUT2D eigenvalue weighted by molar-refractivity contribution is 6.04. The SMILES string of the molecule is CCCCCOC(=O)CC1CCc2ccc(NC(=O)c3ccc(C=NN4CCOCC4)cc3)cc2C1. The van der Waals surface area contributed by atoms with E-state index >= 15 is 0 Å². The van der Waals surface area contributed by atoms with E-state index in [1.54, 1.807) is 0 Å². The number of morpholine rings is 1. The third-order valence-corrected chi connectivity index (χ3v) is 6.79. The fourth-order valence-electron chi connectivity index (χ4n) is 4.66. The molecular weight excluding hydrogens is 454 g/mol. The van der Waals surface area contributed by atoms with Crippen LogP contribution in [0.5, 0.6) is 0 Å². The van der Waals surface area contributed by atoms with Crippen LogP contribution in [0.2, 0.25) is 0 Å². The molecule has 0 spiro atoms. The molecule has 0 radical (unpaired) electrons. The van der Waals surface area contributed by atoms with Crippen LogP contribution in [0.4, 0.5) is 5.69 Å². The van der Waals surface area contributed by atoms with Crippen molar-refractivity contribution < 1.29 is 19.1 Å². The van der Waals surface area contributed by atoms with Crippen molar-refractivity contribution in [2.75, 3.05) is 38.2 Å². The van der Waals surface area contributed by atoms with Crippen LogP contribution in [0.15, 0.2) is 47.6 Å². The van der Waals surface area contributed by atoms with Crippen LogP contribution < -0.4 is 5.32 Å². The number of hydrogen-bond donors (Lipinski definition) is 1. The number of esters is 1. The number of fused-ring (bicyclic) bond motifs is 1. The Morgan fingerprint density at radius 2 is 1.92 bits per heavy atom. The number of carbonyl (C=O) groups is 2. The van der Waals surface area contributed by atoms with Gasteiger partial charge in [-0.3, -0.25) is 14.6 Å². The number of nitrogens with one attached hydrogen (secondary N) is 1. The molecule has 2 aromatic rings. The first-order valence-corrected chi connectivity index (χ1v) is 13.2. The van der Waals surface area contributed by atoms with Gasteiger partial charge in [-0.25, -0.2) is 0 Å². The Morgan fingerprint density at radius 1 is 1.11 bits per heavy atom. The predicted molar refractivity (Wildman–Crippen MR) is 141 cm³/mol. The summed E-state index contributed by atoms with van der Waals surface area (Å²) in [4.78, 5) is 25.0. The molecule has 1 atom stereocenters. The maximum absolute atomic E-state index is 12.8. The second kappa shape index (κ2) is 13.2. The second-order valence-corrected chi connectivity index (χ2v) is 9.61. The molecule has 1 amide bonds. The van der Waals surface area contributed by atoms with Crippen LogP contribution in [0.1, 0.15) is 66.1 Å². The van der Waals surface area contributed by atoms with Crippen molar-refractivity contribution in [2.45, 2.75) is 51.9 Å². The van der Waals surface area contributed by atoms with Crippen molar-refractivity contribution in [2.24, 2.45) is 11.0 Å².